The van der Waals surface area contributed by atoms with Gasteiger partial charge in [-0.25, -0.2) is 19.7 Å². The zero-order valence-electron chi connectivity index (χ0n) is 8.75. The van der Waals surface area contributed by atoms with E-state index in [1.54, 1.807) is 13.8 Å². The number of carbonyl (C=O) groups is 1. The van der Waals surface area contributed by atoms with Crippen molar-refractivity contribution in [2.24, 2.45) is 0 Å². The quantitative estimate of drug-likeness (QED) is 0.784. The van der Waals surface area contributed by atoms with Crippen LogP contribution in [0.4, 0.5) is 0 Å². The Kier molecular flexibility index (Phi) is 2.35. The zero-order valence-corrected chi connectivity index (χ0v) is 8.75. The highest BCUT2D eigenvalue weighted by atomic mass is 16.4. The van der Waals surface area contributed by atoms with Gasteiger partial charge < -0.3 is 5.11 Å². The minimum absolute atomic E-state index is 0.0717. The SMILES string of the molecule is Cc1nc(C)n(-c2nccc(C(=O)O)n2)n1. The Morgan fingerprint density at radius 3 is 2.69 bits per heavy atom. The third-order valence-electron chi connectivity index (χ3n) is 1.93. The van der Waals surface area contributed by atoms with E-state index in [4.69, 9.17) is 5.11 Å². The van der Waals surface area contributed by atoms with Crippen LogP contribution < -0.4 is 0 Å². The van der Waals surface area contributed by atoms with Crippen LogP contribution in [0.25, 0.3) is 5.95 Å². The maximum Gasteiger partial charge on any atom is 0.354 e. The van der Waals surface area contributed by atoms with Crippen molar-refractivity contribution < 1.29 is 9.90 Å². The Bertz CT molecular complexity index is 549. The van der Waals surface area contributed by atoms with Crippen molar-refractivity contribution in [2.75, 3.05) is 0 Å². The molecule has 0 aliphatic carbocycles. The highest BCUT2D eigenvalue weighted by Gasteiger charge is 2.11. The van der Waals surface area contributed by atoms with Crippen LogP contribution in [-0.4, -0.2) is 35.8 Å². The number of carboxylic acid groups (broad SMARTS) is 1. The van der Waals surface area contributed by atoms with E-state index in [0.29, 0.717) is 11.6 Å². The highest BCUT2D eigenvalue weighted by Crippen LogP contribution is 2.04. The molecule has 0 aromatic carbocycles. The number of aromatic nitrogens is 5. The van der Waals surface area contributed by atoms with E-state index in [9.17, 15) is 4.79 Å². The van der Waals surface area contributed by atoms with Crippen molar-refractivity contribution in [3.05, 3.63) is 29.6 Å². The molecule has 0 atom stereocenters. The summed E-state index contributed by atoms with van der Waals surface area (Å²) in [5.41, 5.74) is -0.0717. The van der Waals surface area contributed by atoms with Gasteiger partial charge in [-0.15, -0.1) is 5.10 Å². The van der Waals surface area contributed by atoms with Crippen LogP contribution in [0, 0.1) is 13.8 Å². The molecule has 82 valence electrons. The molecule has 0 spiro atoms. The first-order valence-corrected chi connectivity index (χ1v) is 4.55. The first kappa shape index (κ1) is 10.2. The van der Waals surface area contributed by atoms with Gasteiger partial charge >= 0.3 is 5.97 Å². The standard InChI is InChI=1S/C9H9N5O2/c1-5-11-6(2)14(13-5)9-10-4-3-7(12-9)8(15)16/h3-4H,1-2H3,(H,15,16). The smallest absolute Gasteiger partial charge is 0.354 e. The first-order chi connectivity index (χ1) is 7.58. The monoisotopic (exact) mass is 219 g/mol. The molecule has 2 aromatic rings. The van der Waals surface area contributed by atoms with E-state index in [2.05, 4.69) is 20.1 Å². The fourth-order valence-corrected chi connectivity index (χ4v) is 1.28. The normalized spacial score (nSPS) is 10.4. The van der Waals surface area contributed by atoms with Crippen molar-refractivity contribution in [1.29, 1.82) is 0 Å². The van der Waals surface area contributed by atoms with Crippen LogP contribution >= 0.6 is 0 Å². The third-order valence-corrected chi connectivity index (χ3v) is 1.93. The van der Waals surface area contributed by atoms with E-state index in [-0.39, 0.29) is 11.6 Å². The third kappa shape index (κ3) is 1.74. The molecule has 1 N–H and O–H groups in total. The van der Waals surface area contributed by atoms with Gasteiger partial charge in [0, 0.05) is 6.20 Å². The average molecular weight is 219 g/mol. The number of aryl methyl sites for hydroxylation is 2. The van der Waals surface area contributed by atoms with Gasteiger partial charge in [0.2, 0.25) is 0 Å². The first-order valence-electron chi connectivity index (χ1n) is 4.55. The number of aromatic carboxylic acids is 1. The predicted octanol–water partition coefficient (Wildman–Crippen LogP) is 0.372. The minimum atomic E-state index is -1.10. The van der Waals surface area contributed by atoms with E-state index in [1.807, 2.05) is 0 Å². The van der Waals surface area contributed by atoms with Gasteiger partial charge in [-0.05, 0) is 19.9 Å². The van der Waals surface area contributed by atoms with Crippen LogP contribution in [0.15, 0.2) is 12.3 Å². The van der Waals surface area contributed by atoms with Gasteiger partial charge in [0.25, 0.3) is 5.95 Å². The lowest BCUT2D eigenvalue weighted by molar-refractivity contribution is 0.0690. The molecule has 2 rings (SSSR count). The van der Waals surface area contributed by atoms with E-state index >= 15 is 0 Å². The molecule has 2 heterocycles. The van der Waals surface area contributed by atoms with E-state index < -0.39 is 5.97 Å². The van der Waals surface area contributed by atoms with Crippen LogP contribution in [0.1, 0.15) is 22.1 Å². The Balaban J connectivity index is 2.52. The fraction of sp³-hybridized carbons (Fsp3) is 0.222. The number of carboxylic acids is 1. The molecule has 16 heavy (non-hydrogen) atoms. The van der Waals surface area contributed by atoms with Crippen LogP contribution in [0.5, 0.6) is 0 Å². The zero-order chi connectivity index (χ0) is 11.7. The Morgan fingerprint density at radius 2 is 2.12 bits per heavy atom. The minimum Gasteiger partial charge on any atom is -0.477 e. The summed E-state index contributed by atoms with van der Waals surface area (Å²) in [5, 5.41) is 12.9. The maximum absolute atomic E-state index is 10.7. The molecule has 7 heteroatoms. The predicted molar refractivity (Wildman–Crippen MR) is 53.4 cm³/mol. The summed E-state index contributed by atoms with van der Waals surface area (Å²) in [4.78, 5) is 22.6. The lowest BCUT2D eigenvalue weighted by Crippen LogP contribution is -2.09. The molecular weight excluding hydrogens is 210 g/mol. The van der Waals surface area contributed by atoms with Gasteiger partial charge in [-0.1, -0.05) is 0 Å². The second-order valence-corrected chi connectivity index (χ2v) is 3.17. The van der Waals surface area contributed by atoms with Gasteiger partial charge in [0.15, 0.2) is 5.69 Å². The van der Waals surface area contributed by atoms with Crippen LogP contribution in [0.3, 0.4) is 0 Å². The van der Waals surface area contributed by atoms with Crippen LogP contribution in [0.2, 0.25) is 0 Å². The molecule has 2 aromatic heterocycles. The van der Waals surface area contributed by atoms with Crippen molar-refractivity contribution in [3.8, 4) is 5.95 Å². The summed E-state index contributed by atoms with van der Waals surface area (Å²) in [6.45, 7) is 3.49. The summed E-state index contributed by atoms with van der Waals surface area (Å²) in [5.74, 6) is 0.304. The molecule has 0 saturated carbocycles. The molecule has 0 fully saturated rings. The van der Waals surface area contributed by atoms with Gasteiger partial charge in [-0.2, -0.15) is 4.68 Å². The molecule has 0 aliphatic rings. The largest absolute Gasteiger partial charge is 0.477 e. The Labute approximate surface area is 90.8 Å². The van der Waals surface area contributed by atoms with Crippen molar-refractivity contribution >= 4 is 5.97 Å². The maximum atomic E-state index is 10.7. The van der Waals surface area contributed by atoms with Crippen molar-refractivity contribution in [2.45, 2.75) is 13.8 Å². The second-order valence-electron chi connectivity index (χ2n) is 3.17. The highest BCUT2D eigenvalue weighted by molar-refractivity contribution is 5.85. The molecule has 0 bridgehead atoms. The second kappa shape index (κ2) is 3.69. The topological polar surface area (TPSA) is 93.8 Å². The summed E-state index contributed by atoms with van der Waals surface area (Å²) in [6.07, 6.45) is 1.38. The number of hydrogen-bond acceptors (Lipinski definition) is 5. The molecule has 0 amide bonds. The van der Waals surface area contributed by atoms with Crippen molar-refractivity contribution in [1.82, 2.24) is 24.7 Å². The van der Waals surface area contributed by atoms with E-state index in [0.717, 1.165) is 0 Å². The Hall–Kier alpha value is -2.31. The van der Waals surface area contributed by atoms with Gasteiger partial charge in [0.1, 0.15) is 11.6 Å². The summed E-state index contributed by atoms with van der Waals surface area (Å²) >= 11 is 0. The van der Waals surface area contributed by atoms with E-state index in [1.165, 1.54) is 16.9 Å². The van der Waals surface area contributed by atoms with Gasteiger partial charge in [-0.3, -0.25) is 0 Å². The number of rotatable bonds is 2. The average Bonchev–Trinajstić information content (AvgIpc) is 2.58. The molecule has 0 unspecified atom stereocenters. The molecule has 0 radical (unpaired) electrons. The van der Waals surface area contributed by atoms with Crippen molar-refractivity contribution in [3.63, 3.8) is 0 Å². The molecule has 0 aliphatic heterocycles. The summed E-state index contributed by atoms with van der Waals surface area (Å²) < 4.78 is 1.40. The lowest BCUT2D eigenvalue weighted by Gasteiger charge is -2.00. The molecule has 0 saturated heterocycles. The van der Waals surface area contributed by atoms with Crippen LogP contribution in [-0.2, 0) is 0 Å². The Morgan fingerprint density at radius 1 is 1.38 bits per heavy atom. The van der Waals surface area contributed by atoms with Gasteiger partial charge in [0.05, 0.1) is 0 Å². The number of hydrogen-bond donors (Lipinski definition) is 1. The lowest BCUT2D eigenvalue weighted by atomic mass is 10.4. The summed E-state index contributed by atoms with van der Waals surface area (Å²) in [7, 11) is 0. The molecular formula is C9H9N5O2. The fourth-order valence-electron chi connectivity index (χ4n) is 1.28. The molecule has 7 nitrogen and oxygen atoms in total. The number of nitrogens with zero attached hydrogens (tertiary/aromatic N) is 5. The summed E-state index contributed by atoms with van der Waals surface area (Å²) in [6, 6.07) is 1.32.